The van der Waals surface area contributed by atoms with Crippen molar-refractivity contribution < 1.29 is 0 Å². The quantitative estimate of drug-likeness (QED) is 0.447. The molecule has 1 aliphatic heterocycles. The van der Waals surface area contributed by atoms with Crippen LogP contribution < -0.4 is 10.6 Å². The van der Waals surface area contributed by atoms with Crippen molar-refractivity contribution in [1.82, 2.24) is 34.2 Å². The zero-order valence-electron chi connectivity index (χ0n) is 20.7. The van der Waals surface area contributed by atoms with E-state index in [1.165, 1.54) is 10.1 Å². The van der Waals surface area contributed by atoms with Gasteiger partial charge < -0.3 is 4.90 Å². The fourth-order valence-corrected chi connectivity index (χ4v) is 5.05. The maximum absolute atomic E-state index is 12.6. The van der Waals surface area contributed by atoms with Crippen LogP contribution >= 0.6 is 0 Å². The van der Waals surface area contributed by atoms with Crippen molar-refractivity contribution in [2.45, 2.75) is 52.4 Å². The number of aromatic nitrogens is 6. The third kappa shape index (κ3) is 4.02. The Morgan fingerprint density at radius 2 is 1.97 bits per heavy atom. The minimum absolute atomic E-state index is 0.111. The van der Waals surface area contributed by atoms with Gasteiger partial charge in [0.2, 0.25) is 0 Å². The average molecular weight is 472 g/mol. The Bertz CT molecular complexity index is 1520. The Morgan fingerprint density at radius 3 is 2.74 bits per heavy atom. The average Bonchev–Trinajstić information content (AvgIpc) is 3.26. The molecule has 0 amide bonds. The Hall–Kier alpha value is -3.84. The van der Waals surface area contributed by atoms with Gasteiger partial charge in [-0.2, -0.15) is 15.3 Å². The van der Waals surface area contributed by atoms with Gasteiger partial charge in [0.25, 0.3) is 0 Å². The van der Waals surface area contributed by atoms with Crippen LogP contribution in [-0.4, -0.2) is 59.4 Å². The van der Waals surface area contributed by atoms with Crippen LogP contribution in [0, 0.1) is 18.3 Å². The second-order valence-electron chi connectivity index (χ2n) is 9.48. The summed E-state index contributed by atoms with van der Waals surface area (Å²) in [5.41, 5.74) is 4.91. The first-order valence-corrected chi connectivity index (χ1v) is 11.8. The monoisotopic (exact) mass is 471 g/mol. The molecule has 0 bridgehead atoms. The Labute approximate surface area is 203 Å². The summed E-state index contributed by atoms with van der Waals surface area (Å²) < 4.78 is 3.04. The molecule has 1 aliphatic rings. The normalized spacial score (nSPS) is 19.8. The molecule has 0 N–H and O–H groups in total. The number of nitriles is 1. The molecule has 3 aromatic heterocycles. The first kappa shape index (κ1) is 22.9. The van der Waals surface area contributed by atoms with Gasteiger partial charge in [0.15, 0.2) is 11.3 Å². The van der Waals surface area contributed by atoms with Crippen molar-refractivity contribution in [3.8, 4) is 6.07 Å². The molecule has 180 valence electrons. The van der Waals surface area contributed by atoms with Crippen LogP contribution in [0.25, 0.3) is 22.1 Å². The molecule has 0 spiro atoms. The highest BCUT2D eigenvalue weighted by atomic mass is 16.1. The lowest BCUT2D eigenvalue weighted by Crippen LogP contribution is -2.57. The van der Waals surface area contributed by atoms with Gasteiger partial charge >= 0.3 is 5.69 Å². The zero-order valence-corrected chi connectivity index (χ0v) is 20.7. The first-order chi connectivity index (χ1) is 16.8. The van der Waals surface area contributed by atoms with E-state index in [9.17, 15) is 4.79 Å². The summed E-state index contributed by atoms with van der Waals surface area (Å²) in [6.07, 6.45) is 3.53. The summed E-state index contributed by atoms with van der Waals surface area (Å²) in [5.74, 6) is 0.586. The van der Waals surface area contributed by atoms with Crippen LogP contribution in [-0.2, 0) is 13.6 Å². The van der Waals surface area contributed by atoms with Crippen molar-refractivity contribution in [3.63, 3.8) is 0 Å². The van der Waals surface area contributed by atoms with Gasteiger partial charge in [-0.05, 0) is 45.4 Å². The minimum Gasteiger partial charge on any atom is -0.349 e. The fourth-order valence-electron chi connectivity index (χ4n) is 5.05. The summed E-state index contributed by atoms with van der Waals surface area (Å²) >= 11 is 0. The van der Waals surface area contributed by atoms with E-state index in [0.29, 0.717) is 23.4 Å². The molecule has 10 heteroatoms. The second-order valence-corrected chi connectivity index (χ2v) is 9.48. The number of rotatable bonds is 4. The molecule has 1 aromatic carbocycles. The van der Waals surface area contributed by atoms with Crippen LogP contribution in [0.5, 0.6) is 0 Å². The number of fused-ring (bicyclic) bond motifs is 2. The predicted octanol–water partition coefficient (Wildman–Crippen LogP) is 2.57. The molecule has 4 aromatic rings. The predicted molar refractivity (Wildman–Crippen MR) is 134 cm³/mol. The number of benzene rings is 1. The molecule has 0 unspecified atom stereocenters. The molecule has 3 atom stereocenters. The van der Waals surface area contributed by atoms with E-state index in [4.69, 9.17) is 5.26 Å². The number of anilines is 1. The third-order valence-electron chi connectivity index (χ3n) is 7.01. The van der Waals surface area contributed by atoms with Crippen LogP contribution in [0.2, 0.25) is 0 Å². The third-order valence-corrected chi connectivity index (χ3v) is 7.01. The summed E-state index contributed by atoms with van der Waals surface area (Å²) in [6, 6.07) is 8.92. The molecule has 1 fully saturated rings. The van der Waals surface area contributed by atoms with Gasteiger partial charge in [-0.25, -0.2) is 9.78 Å². The number of hydrogen-bond acceptors (Lipinski definition) is 8. The molecule has 0 radical (unpaired) electrons. The highest BCUT2D eigenvalue weighted by Gasteiger charge is 2.34. The van der Waals surface area contributed by atoms with E-state index in [1.807, 2.05) is 13.0 Å². The van der Waals surface area contributed by atoms with Crippen LogP contribution in [0.4, 0.5) is 5.82 Å². The van der Waals surface area contributed by atoms with Gasteiger partial charge in [-0.1, -0.05) is 6.07 Å². The number of nitrogens with zero attached hydrogens (tertiary/aromatic N) is 9. The maximum Gasteiger partial charge on any atom is 0.349 e. The first-order valence-electron chi connectivity index (χ1n) is 11.8. The highest BCUT2D eigenvalue weighted by Crippen LogP contribution is 2.32. The summed E-state index contributed by atoms with van der Waals surface area (Å²) in [5, 5.41) is 13.7. The number of hydrogen-bond donors (Lipinski definition) is 0. The SMILES string of the molecule is Cc1cnc2ccc([C@H](C)N3C[C@H](C)N(c4nc(=O)n(C)c5cn(CC#N)nc45)C[C@H]3C)cc2n1. The van der Waals surface area contributed by atoms with Crippen molar-refractivity contribution in [1.29, 1.82) is 5.26 Å². The van der Waals surface area contributed by atoms with Gasteiger partial charge in [0.1, 0.15) is 6.54 Å². The van der Waals surface area contributed by atoms with Gasteiger partial charge in [0.05, 0.1) is 34.5 Å². The molecular formula is C25H29N9O. The molecule has 35 heavy (non-hydrogen) atoms. The second kappa shape index (κ2) is 8.74. The van der Waals surface area contributed by atoms with E-state index in [1.54, 1.807) is 24.1 Å². The van der Waals surface area contributed by atoms with Crippen LogP contribution in [0.3, 0.4) is 0 Å². The maximum atomic E-state index is 12.6. The van der Waals surface area contributed by atoms with Crippen molar-refractivity contribution in [3.05, 3.63) is 52.3 Å². The minimum atomic E-state index is -0.327. The lowest BCUT2D eigenvalue weighted by molar-refractivity contribution is 0.119. The highest BCUT2D eigenvalue weighted by molar-refractivity contribution is 5.85. The van der Waals surface area contributed by atoms with Crippen molar-refractivity contribution >= 4 is 27.9 Å². The molecular weight excluding hydrogens is 442 g/mol. The largest absolute Gasteiger partial charge is 0.349 e. The van der Waals surface area contributed by atoms with E-state index in [0.717, 1.165) is 23.3 Å². The summed E-state index contributed by atoms with van der Waals surface area (Å²) in [4.78, 5) is 30.8. The molecule has 0 saturated carbocycles. The zero-order chi connectivity index (χ0) is 24.9. The summed E-state index contributed by atoms with van der Waals surface area (Å²) in [6.45, 7) is 10.2. The Balaban J connectivity index is 1.45. The van der Waals surface area contributed by atoms with Gasteiger partial charge in [-0.3, -0.25) is 19.1 Å². The van der Waals surface area contributed by atoms with Crippen LogP contribution in [0.1, 0.15) is 38.1 Å². The van der Waals surface area contributed by atoms with E-state index in [-0.39, 0.29) is 30.4 Å². The molecule has 10 nitrogen and oxygen atoms in total. The smallest absolute Gasteiger partial charge is 0.349 e. The molecule has 4 heterocycles. The Kier molecular flexibility index (Phi) is 5.73. The molecule has 0 aliphatic carbocycles. The molecule has 5 rings (SSSR count). The fraction of sp³-hybridized carbons (Fsp3) is 0.440. The molecule has 1 saturated heterocycles. The lowest BCUT2D eigenvalue weighted by atomic mass is 10.00. The topological polar surface area (TPSA) is 109 Å². The van der Waals surface area contributed by atoms with Gasteiger partial charge in [-0.15, -0.1) is 0 Å². The van der Waals surface area contributed by atoms with Crippen molar-refractivity contribution in [2.75, 3.05) is 18.0 Å². The standard InChI is InChI=1S/C25H29N9O/c1-15-11-27-20-7-6-19(10-21(20)28-15)18(4)33-12-17(3)34(13-16(33)2)24-23-22(31(5)25(35)29-24)14-32(30-23)9-8-26/h6-7,10-11,14,16-18H,9,12-13H2,1-5H3/t16-,17+,18+/m1/s1. The number of piperazine rings is 1. The Morgan fingerprint density at radius 1 is 1.17 bits per heavy atom. The van der Waals surface area contributed by atoms with Gasteiger partial charge in [0, 0.05) is 44.5 Å². The lowest BCUT2D eigenvalue weighted by Gasteiger charge is -2.47. The van der Waals surface area contributed by atoms with E-state index >= 15 is 0 Å². The van der Waals surface area contributed by atoms with Crippen molar-refractivity contribution in [2.24, 2.45) is 7.05 Å². The number of aryl methyl sites for hydroxylation is 2. The summed E-state index contributed by atoms with van der Waals surface area (Å²) in [7, 11) is 1.68. The van der Waals surface area contributed by atoms with E-state index < -0.39 is 0 Å². The van der Waals surface area contributed by atoms with E-state index in [2.05, 4.69) is 68.8 Å². The van der Waals surface area contributed by atoms with Crippen LogP contribution in [0.15, 0.2) is 35.4 Å².